The van der Waals surface area contributed by atoms with Crippen LogP contribution in [-0.4, -0.2) is 49.8 Å². The normalized spacial score (nSPS) is 15.5. The van der Waals surface area contributed by atoms with Gasteiger partial charge in [0.1, 0.15) is 18.1 Å². The lowest BCUT2D eigenvalue weighted by molar-refractivity contribution is 0.0732. The van der Waals surface area contributed by atoms with Gasteiger partial charge in [-0.25, -0.2) is 0 Å². The number of amides is 1. The number of rotatable bonds is 8. The van der Waals surface area contributed by atoms with Crippen molar-refractivity contribution < 1.29 is 19.0 Å². The molecule has 0 saturated carbocycles. The zero-order valence-electron chi connectivity index (χ0n) is 19.4. The number of hydrogen-bond acceptors (Lipinski definition) is 5. The Hall–Kier alpha value is -3.38. The molecule has 1 amide bonds. The molecule has 6 heteroatoms. The molecule has 1 atom stereocenters. The lowest BCUT2D eigenvalue weighted by atomic mass is 10.0. The monoisotopic (exact) mass is 446 g/mol. The summed E-state index contributed by atoms with van der Waals surface area (Å²) >= 11 is 0. The van der Waals surface area contributed by atoms with Crippen LogP contribution in [0.2, 0.25) is 0 Å². The highest BCUT2D eigenvalue weighted by Crippen LogP contribution is 2.35. The molecule has 4 rings (SSSR count). The van der Waals surface area contributed by atoms with Gasteiger partial charge in [-0.1, -0.05) is 12.1 Å². The zero-order valence-corrected chi connectivity index (χ0v) is 19.4. The first kappa shape index (κ1) is 22.8. The van der Waals surface area contributed by atoms with Crippen LogP contribution >= 0.6 is 0 Å². The molecule has 0 N–H and O–H groups in total. The third-order valence-corrected chi connectivity index (χ3v) is 5.91. The van der Waals surface area contributed by atoms with Gasteiger partial charge in [0.25, 0.3) is 5.91 Å². The number of methoxy groups -OCH3 is 2. The van der Waals surface area contributed by atoms with Gasteiger partial charge in [0.2, 0.25) is 0 Å². The van der Waals surface area contributed by atoms with Gasteiger partial charge >= 0.3 is 0 Å². The fourth-order valence-corrected chi connectivity index (χ4v) is 4.23. The van der Waals surface area contributed by atoms with Gasteiger partial charge in [-0.15, -0.1) is 0 Å². The smallest absolute Gasteiger partial charge is 0.254 e. The number of carbonyl (C=O) groups is 1. The van der Waals surface area contributed by atoms with E-state index in [0.717, 1.165) is 53.4 Å². The maximum atomic E-state index is 13.3. The number of aromatic nitrogens is 1. The second kappa shape index (κ2) is 10.5. The Balaban J connectivity index is 1.54. The van der Waals surface area contributed by atoms with Crippen molar-refractivity contribution >= 4 is 5.91 Å². The molecule has 0 bridgehead atoms. The van der Waals surface area contributed by atoms with E-state index in [0.29, 0.717) is 18.8 Å². The summed E-state index contributed by atoms with van der Waals surface area (Å²) in [5.74, 6) is 1.58. The highest BCUT2D eigenvalue weighted by atomic mass is 16.5. The maximum absolute atomic E-state index is 13.3. The predicted octanol–water partition coefficient (Wildman–Crippen LogP) is 5.07. The Morgan fingerprint density at radius 2 is 1.70 bits per heavy atom. The minimum Gasteiger partial charge on any atom is -0.497 e. The first-order valence-electron chi connectivity index (χ1n) is 11.2. The van der Waals surface area contributed by atoms with Crippen LogP contribution in [0.25, 0.3) is 11.1 Å². The Morgan fingerprint density at radius 1 is 0.970 bits per heavy atom. The number of aryl methyl sites for hydroxylation is 1. The van der Waals surface area contributed by atoms with Gasteiger partial charge in [-0.3, -0.25) is 9.78 Å². The van der Waals surface area contributed by atoms with Crippen molar-refractivity contribution in [2.75, 3.05) is 34.0 Å². The summed E-state index contributed by atoms with van der Waals surface area (Å²) in [6.45, 7) is 3.73. The Labute approximate surface area is 195 Å². The average Bonchev–Trinajstić information content (AvgIpc) is 3.34. The minimum absolute atomic E-state index is 0.0234. The second-order valence-electron chi connectivity index (χ2n) is 8.17. The largest absolute Gasteiger partial charge is 0.497 e. The summed E-state index contributed by atoms with van der Waals surface area (Å²) in [7, 11) is 3.30. The van der Waals surface area contributed by atoms with E-state index in [1.165, 1.54) is 0 Å². The van der Waals surface area contributed by atoms with Gasteiger partial charge in [-0.2, -0.15) is 0 Å². The molecule has 0 spiro atoms. The molecular formula is C27H30N2O4. The molecular weight excluding hydrogens is 416 g/mol. The third-order valence-electron chi connectivity index (χ3n) is 5.91. The van der Waals surface area contributed by atoms with Crippen LogP contribution in [0.15, 0.2) is 60.7 Å². The van der Waals surface area contributed by atoms with E-state index < -0.39 is 0 Å². The van der Waals surface area contributed by atoms with E-state index in [9.17, 15) is 4.79 Å². The molecule has 3 aromatic rings. The summed E-state index contributed by atoms with van der Waals surface area (Å²) in [6.07, 6.45) is 1.87. The molecule has 172 valence electrons. The number of ether oxygens (including phenoxy) is 3. The minimum atomic E-state index is -0.0352. The topological polar surface area (TPSA) is 60.9 Å². The molecule has 1 aromatic heterocycles. The summed E-state index contributed by atoms with van der Waals surface area (Å²) in [5.41, 5.74) is 4.73. The zero-order chi connectivity index (χ0) is 23.2. The first-order chi connectivity index (χ1) is 16.1. The van der Waals surface area contributed by atoms with E-state index in [1.54, 1.807) is 14.2 Å². The lowest BCUT2D eigenvalue weighted by Gasteiger charge is -2.25. The van der Waals surface area contributed by atoms with Gasteiger partial charge < -0.3 is 19.1 Å². The molecule has 1 unspecified atom stereocenters. The fourth-order valence-electron chi connectivity index (χ4n) is 4.23. The molecule has 6 nitrogen and oxygen atoms in total. The lowest BCUT2D eigenvalue weighted by Crippen LogP contribution is -2.31. The van der Waals surface area contributed by atoms with Crippen molar-refractivity contribution in [1.29, 1.82) is 0 Å². The van der Waals surface area contributed by atoms with Gasteiger partial charge in [-0.05, 0) is 79.4 Å². The number of likely N-dealkylation sites (tertiary alicyclic amines) is 1. The van der Waals surface area contributed by atoms with E-state index in [2.05, 4.69) is 12.1 Å². The molecule has 2 heterocycles. The van der Waals surface area contributed by atoms with Crippen molar-refractivity contribution in [3.8, 4) is 22.6 Å². The Kier molecular flexibility index (Phi) is 7.25. The van der Waals surface area contributed by atoms with Crippen molar-refractivity contribution in [2.45, 2.75) is 25.8 Å². The molecule has 33 heavy (non-hydrogen) atoms. The van der Waals surface area contributed by atoms with Crippen LogP contribution in [0, 0.1) is 6.92 Å². The summed E-state index contributed by atoms with van der Waals surface area (Å²) < 4.78 is 15.9. The van der Waals surface area contributed by atoms with Crippen LogP contribution in [0.1, 0.15) is 40.6 Å². The van der Waals surface area contributed by atoms with Crippen molar-refractivity contribution in [1.82, 2.24) is 9.88 Å². The molecule has 0 radical (unpaired) electrons. The van der Waals surface area contributed by atoms with Gasteiger partial charge in [0.05, 0.1) is 25.5 Å². The quantitative estimate of drug-likeness (QED) is 0.452. The number of carbonyl (C=O) groups excluding carboxylic acids is 1. The maximum Gasteiger partial charge on any atom is 0.254 e. The number of benzene rings is 2. The van der Waals surface area contributed by atoms with Crippen molar-refractivity contribution in [3.05, 3.63) is 77.6 Å². The van der Waals surface area contributed by atoms with E-state index >= 15 is 0 Å². The molecule has 1 aliphatic rings. The number of hydrogen-bond donors (Lipinski definition) is 0. The van der Waals surface area contributed by atoms with Crippen LogP contribution in [0.3, 0.4) is 0 Å². The van der Waals surface area contributed by atoms with Crippen molar-refractivity contribution in [3.63, 3.8) is 0 Å². The van der Waals surface area contributed by atoms with E-state index in [4.69, 9.17) is 19.2 Å². The molecule has 0 aliphatic carbocycles. The second-order valence-corrected chi connectivity index (χ2v) is 8.17. The Bertz CT molecular complexity index is 1080. The number of nitrogens with zero attached hydrogens (tertiary/aromatic N) is 2. The van der Waals surface area contributed by atoms with Crippen LogP contribution in [-0.2, 0) is 4.74 Å². The molecule has 1 saturated heterocycles. The summed E-state index contributed by atoms with van der Waals surface area (Å²) in [6, 6.07) is 19.5. The first-order valence-corrected chi connectivity index (χ1v) is 11.2. The predicted molar refractivity (Wildman–Crippen MR) is 128 cm³/mol. The van der Waals surface area contributed by atoms with Crippen LogP contribution in [0.4, 0.5) is 0 Å². The van der Waals surface area contributed by atoms with Gasteiger partial charge in [0, 0.05) is 24.9 Å². The highest BCUT2D eigenvalue weighted by Gasteiger charge is 2.32. The molecule has 2 aromatic carbocycles. The third kappa shape index (κ3) is 5.34. The van der Waals surface area contributed by atoms with Crippen LogP contribution < -0.4 is 9.47 Å². The van der Waals surface area contributed by atoms with E-state index in [1.807, 2.05) is 60.4 Å². The highest BCUT2D eigenvalue weighted by molar-refractivity contribution is 5.94. The standard InChI is InChI=1S/C27H30N2O4/c1-19-17-22(20-6-10-23(32-3)11-7-20)18-25(28-19)26-5-4-14-29(26)27(30)21-8-12-24(13-9-21)33-16-15-31-2/h6-13,17-18,26H,4-5,14-16H2,1-3H3. The van der Waals surface area contributed by atoms with E-state index in [-0.39, 0.29) is 11.9 Å². The van der Waals surface area contributed by atoms with Crippen LogP contribution in [0.5, 0.6) is 11.5 Å². The Morgan fingerprint density at radius 3 is 2.39 bits per heavy atom. The van der Waals surface area contributed by atoms with Crippen molar-refractivity contribution in [2.24, 2.45) is 0 Å². The molecule has 1 aliphatic heterocycles. The van der Waals surface area contributed by atoms with Gasteiger partial charge in [0.15, 0.2) is 0 Å². The average molecular weight is 447 g/mol. The molecule has 1 fully saturated rings. The summed E-state index contributed by atoms with van der Waals surface area (Å²) in [4.78, 5) is 20.1. The summed E-state index contributed by atoms with van der Waals surface area (Å²) in [5, 5.41) is 0. The fraction of sp³-hybridized carbons (Fsp3) is 0.333. The SMILES string of the molecule is COCCOc1ccc(C(=O)N2CCCC2c2cc(-c3ccc(OC)cc3)cc(C)n2)cc1. The number of pyridine rings is 1.